The zero-order valence-electron chi connectivity index (χ0n) is 10.2. The van der Waals surface area contributed by atoms with Crippen LogP contribution in [0, 0.1) is 16.7 Å². The van der Waals surface area contributed by atoms with E-state index in [4.69, 9.17) is 10.00 Å². The van der Waals surface area contributed by atoms with Gasteiger partial charge in [-0.05, 0) is 33.6 Å². The topological polar surface area (TPSA) is 50.8 Å². The Labute approximate surface area is 96.8 Å². The van der Waals surface area contributed by atoms with Crippen molar-refractivity contribution in [3.8, 4) is 11.8 Å². The quantitative estimate of drug-likeness (QED) is 0.694. The third-order valence-electron chi connectivity index (χ3n) is 2.45. The van der Waals surface area contributed by atoms with E-state index in [2.05, 4.69) is 11.2 Å². The van der Waals surface area contributed by atoms with Gasteiger partial charge in [-0.25, -0.2) is 0 Å². The number of hydrogen-bond acceptors (Lipinski definition) is 3. The van der Waals surface area contributed by atoms with Gasteiger partial charge in [-0.1, -0.05) is 0 Å². The van der Waals surface area contributed by atoms with E-state index < -0.39 is 0 Å². The van der Waals surface area contributed by atoms with Crippen molar-refractivity contribution < 1.29 is 4.74 Å². The second kappa shape index (κ2) is 5.55. The Morgan fingerprint density at radius 2 is 2.31 bits per heavy atom. The largest absolute Gasteiger partial charge is 0.490 e. The fourth-order valence-electron chi connectivity index (χ4n) is 1.35. The maximum atomic E-state index is 8.84. The van der Waals surface area contributed by atoms with E-state index >= 15 is 0 Å². The number of aromatic nitrogens is 2. The molecule has 0 amide bonds. The molecule has 1 aromatic heterocycles. The van der Waals surface area contributed by atoms with Crippen LogP contribution in [0.1, 0.15) is 33.6 Å². The summed E-state index contributed by atoms with van der Waals surface area (Å²) in [7, 11) is 0. The highest BCUT2D eigenvalue weighted by atomic mass is 16.5. The summed E-state index contributed by atoms with van der Waals surface area (Å²) in [6, 6.07) is 2.28. The SMILES string of the molecule is CCn1cc(OCCCC(C)(C)C#N)cn1. The second-order valence-corrected chi connectivity index (χ2v) is 4.48. The van der Waals surface area contributed by atoms with Crippen LogP contribution in [0.5, 0.6) is 5.75 Å². The molecule has 0 radical (unpaired) electrons. The van der Waals surface area contributed by atoms with Crippen LogP contribution in [-0.2, 0) is 6.54 Å². The molecule has 0 saturated heterocycles. The van der Waals surface area contributed by atoms with Crippen LogP contribution in [0.3, 0.4) is 0 Å². The van der Waals surface area contributed by atoms with Crippen molar-refractivity contribution in [3.63, 3.8) is 0 Å². The van der Waals surface area contributed by atoms with Gasteiger partial charge in [0, 0.05) is 6.54 Å². The molecule has 4 nitrogen and oxygen atoms in total. The highest BCUT2D eigenvalue weighted by Gasteiger charge is 2.15. The molecule has 0 spiro atoms. The lowest BCUT2D eigenvalue weighted by molar-refractivity contribution is 0.284. The first-order chi connectivity index (χ1) is 7.57. The summed E-state index contributed by atoms with van der Waals surface area (Å²) < 4.78 is 7.36. The Kier molecular flexibility index (Phi) is 4.36. The van der Waals surface area contributed by atoms with E-state index in [-0.39, 0.29) is 5.41 Å². The summed E-state index contributed by atoms with van der Waals surface area (Å²) in [5.74, 6) is 0.802. The Bertz CT molecular complexity index is 363. The third kappa shape index (κ3) is 3.93. The number of hydrogen-bond donors (Lipinski definition) is 0. The molecule has 0 aliphatic carbocycles. The van der Waals surface area contributed by atoms with Gasteiger partial charge in [0.25, 0.3) is 0 Å². The zero-order valence-corrected chi connectivity index (χ0v) is 10.2. The van der Waals surface area contributed by atoms with Crippen LogP contribution in [0.4, 0.5) is 0 Å². The Balaban J connectivity index is 2.24. The lowest BCUT2D eigenvalue weighted by Crippen LogP contribution is -2.09. The van der Waals surface area contributed by atoms with Gasteiger partial charge in [0.05, 0.1) is 30.5 Å². The summed E-state index contributed by atoms with van der Waals surface area (Å²) in [4.78, 5) is 0. The van der Waals surface area contributed by atoms with E-state index in [0.29, 0.717) is 6.61 Å². The van der Waals surface area contributed by atoms with Crippen LogP contribution in [0.25, 0.3) is 0 Å². The van der Waals surface area contributed by atoms with E-state index in [9.17, 15) is 0 Å². The van der Waals surface area contributed by atoms with E-state index in [1.54, 1.807) is 6.20 Å². The summed E-state index contributed by atoms with van der Waals surface area (Å²) in [6.07, 6.45) is 5.34. The number of ether oxygens (including phenoxy) is 1. The normalized spacial score (nSPS) is 11.1. The molecule has 0 bridgehead atoms. The molecular formula is C12H19N3O. The fraction of sp³-hybridized carbons (Fsp3) is 0.667. The molecule has 1 rings (SSSR count). The van der Waals surface area contributed by atoms with Gasteiger partial charge < -0.3 is 4.74 Å². The summed E-state index contributed by atoms with van der Waals surface area (Å²) in [5, 5.41) is 13.0. The molecular weight excluding hydrogens is 202 g/mol. The number of aryl methyl sites for hydroxylation is 1. The lowest BCUT2D eigenvalue weighted by atomic mass is 9.90. The molecule has 0 aromatic carbocycles. The van der Waals surface area contributed by atoms with Gasteiger partial charge in [0.1, 0.15) is 0 Å². The first-order valence-electron chi connectivity index (χ1n) is 5.64. The average Bonchev–Trinajstić information content (AvgIpc) is 2.72. The summed E-state index contributed by atoms with van der Waals surface area (Å²) >= 11 is 0. The maximum absolute atomic E-state index is 8.84. The lowest BCUT2D eigenvalue weighted by Gasteiger charge is -2.14. The van der Waals surface area contributed by atoms with Crippen molar-refractivity contribution in [1.29, 1.82) is 5.26 Å². The van der Waals surface area contributed by atoms with Crippen LogP contribution in [0.2, 0.25) is 0 Å². The van der Waals surface area contributed by atoms with Gasteiger partial charge in [0.2, 0.25) is 0 Å². The molecule has 0 aliphatic heterocycles. The van der Waals surface area contributed by atoms with Crippen molar-refractivity contribution in [2.75, 3.05) is 6.61 Å². The van der Waals surface area contributed by atoms with E-state index in [1.807, 2.05) is 31.6 Å². The first-order valence-corrected chi connectivity index (χ1v) is 5.64. The number of nitriles is 1. The first kappa shape index (κ1) is 12.6. The molecule has 0 aliphatic rings. The van der Waals surface area contributed by atoms with Gasteiger partial charge in [0.15, 0.2) is 5.75 Å². The third-order valence-corrected chi connectivity index (χ3v) is 2.45. The minimum absolute atomic E-state index is 0.253. The smallest absolute Gasteiger partial charge is 0.157 e. The average molecular weight is 221 g/mol. The number of rotatable bonds is 6. The Morgan fingerprint density at radius 3 is 2.88 bits per heavy atom. The van der Waals surface area contributed by atoms with E-state index in [1.165, 1.54) is 0 Å². The molecule has 16 heavy (non-hydrogen) atoms. The van der Waals surface area contributed by atoms with Crippen molar-refractivity contribution >= 4 is 0 Å². The van der Waals surface area contributed by atoms with Gasteiger partial charge in [-0.2, -0.15) is 10.4 Å². The van der Waals surface area contributed by atoms with Crippen LogP contribution in [-0.4, -0.2) is 16.4 Å². The van der Waals surface area contributed by atoms with Gasteiger partial charge in [-0.3, -0.25) is 4.68 Å². The predicted molar refractivity (Wildman–Crippen MR) is 62.0 cm³/mol. The van der Waals surface area contributed by atoms with Crippen molar-refractivity contribution in [3.05, 3.63) is 12.4 Å². The molecule has 1 heterocycles. The highest BCUT2D eigenvalue weighted by molar-refractivity contribution is 5.11. The molecule has 0 unspecified atom stereocenters. The molecule has 88 valence electrons. The molecule has 0 atom stereocenters. The Morgan fingerprint density at radius 1 is 1.56 bits per heavy atom. The molecule has 4 heteroatoms. The maximum Gasteiger partial charge on any atom is 0.157 e. The molecule has 0 N–H and O–H groups in total. The molecule has 1 aromatic rings. The predicted octanol–water partition coefficient (Wildman–Crippen LogP) is 2.61. The monoisotopic (exact) mass is 221 g/mol. The summed E-state index contributed by atoms with van der Waals surface area (Å²) in [6.45, 7) is 7.42. The Hall–Kier alpha value is -1.50. The van der Waals surface area contributed by atoms with Crippen LogP contribution < -0.4 is 4.74 Å². The standard InChI is InChI=1S/C12H19N3O/c1-4-15-9-11(8-14-15)16-7-5-6-12(2,3)10-13/h8-9H,4-7H2,1-3H3. The van der Waals surface area contributed by atoms with Crippen molar-refractivity contribution in [1.82, 2.24) is 9.78 Å². The van der Waals surface area contributed by atoms with Crippen LogP contribution in [0.15, 0.2) is 12.4 Å². The van der Waals surface area contributed by atoms with Gasteiger partial charge in [-0.15, -0.1) is 0 Å². The minimum Gasteiger partial charge on any atom is -0.490 e. The minimum atomic E-state index is -0.253. The van der Waals surface area contributed by atoms with Crippen molar-refractivity contribution in [2.45, 2.75) is 40.2 Å². The fourth-order valence-corrected chi connectivity index (χ4v) is 1.35. The molecule has 0 saturated carbocycles. The number of nitrogens with zero attached hydrogens (tertiary/aromatic N) is 3. The van der Waals surface area contributed by atoms with Crippen LogP contribution >= 0.6 is 0 Å². The van der Waals surface area contributed by atoms with E-state index in [0.717, 1.165) is 25.1 Å². The summed E-state index contributed by atoms with van der Waals surface area (Å²) in [5.41, 5.74) is -0.253. The highest BCUT2D eigenvalue weighted by Crippen LogP contribution is 2.20. The zero-order chi connectivity index (χ0) is 12.0. The molecule has 0 fully saturated rings. The second-order valence-electron chi connectivity index (χ2n) is 4.48. The van der Waals surface area contributed by atoms with Gasteiger partial charge >= 0.3 is 0 Å². The van der Waals surface area contributed by atoms with Crippen molar-refractivity contribution in [2.24, 2.45) is 5.41 Å².